The Morgan fingerprint density at radius 3 is 2.27 bits per heavy atom. The smallest absolute Gasteiger partial charge is 0.0102 e. The van der Waals surface area contributed by atoms with Crippen molar-refractivity contribution in [3.05, 3.63) is 0 Å². The summed E-state index contributed by atoms with van der Waals surface area (Å²) in [6, 6.07) is 1.74. The lowest BCUT2D eigenvalue weighted by molar-refractivity contribution is 0.101. The van der Waals surface area contributed by atoms with Gasteiger partial charge in [0.2, 0.25) is 0 Å². The SMILES string of the molecule is CC(C)CCN1C2CCC1CC(CN)C2. The Balaban J connectivity index is 1.87. The molecule has 2 rings (SSSR count). The zero-order valence-electron chi connectivity index (χ0n) is 10.3. The van der Waals surface area contributed by atoms with E-state index in [1.165, 1.54) is 38.6 Å². The lowest BCUT2D eigenvalue weighted by atomic mass is 9.90. The zero-order valence-corrected chi connectivity index (χ0v) is 10.3. The summed E-state index contributed by atoms with van der Waals surface area (Å²) in [5, 5.41) is 0. The van der Waals surface area contributed by atoms with Crippen LogP contribution in [0, 0.1) is 11.8 Å². The number of nitrogens with zero attached hydrogens (tertiary/aromatic N) is 1. The number of hydrogen-bond acceptors (Lipinski definition) is 2. The van der Waals surface area contributed by atoms with Crippen LogP contribution >= 0.6 is 0 Å². The maximum atomic E-state index is 5.80. The van der Waals surface area contributed by atoms with Gasteiger partial charge in [-0.1, -0.05) is 13.8 Å². The lowest BCUT2D eigenvalue weighted by Crippen LogP contribution is -2.45. The van der Waals surface area contributed by atoms with Gasteiger partial charge in [-0.15, -0.1) is 0 Å². The van der Waals surface area contributed by atoms with Gasteiger partial charge in [0.1, 0.15) is 0 Å². The van der Waals surface area contributed by atoms with Crippen LogP contribution in [0.15, 0.2) is 0 Å². The predicted octanol–water partition coefficient (Wildman–Crippen LogP) is 2.23. The van der Waals surface area contributed by atoms with Crippen LogP contribution in [-0.4, -0.2) is 30.1 Å². The maximum Gasteiger partial charge on any atom is 0.0102 e. The van der Waals surface area contributed by atoms with E-state index >= 15 is 0 Å². The predicted molar refractivity (Wildman–Crippen MR) is 64.7 cm³/mol. The molecule has 0 radical (unpaired) electrons. The molecule has 0 spiro atoms. The quantitative estimate of drug-likeness (QED) is 0.771. The van der Waals surface area contributed by atoms with Gasteiger partial charge in [0, 0.05) is 12.1 Å². The van der Waals surface area contributed by atoms with E-state index in [4.69, 9.17) is 5.73 Å². The largest absolute Gasteiger partial charge is 0.330 e. The molecular formula is C13H26N2. The minimum atomic E-state index is 0.817. The molecule has 2 heteroatoms. The van der Waals surface area contributed by atoms with Gasteiger partial charge < -0.3 is 5.73 Å². The molecule has 0 aromatic heterocycles. The van der Waals surface area contributed by atoms with Crippen molar-refractivity contribution in [3.8, 4) is 0 Å². The highest BCUT2D eigenvalue weighted by Crippen LogP contribution is 2.38. The molecule has 2 unspecified atom stereocenters. The number of piperidine rings is 1. The maximum absolute atomic E-state index is 5.80. The van der Waals surface area contributed by atoms with Gasteiger partial charge in [0.25, 0.3) is 0 Å². The van der Waals surface area contributed by atoms with E-state index in [1.807, 2.05) is 0 Å². The number of rotatable bonds is 4. The second-order valence-electron chi connectivity index (χ2n) is 5.88. The highest BCUT2D eigenvalue weighted by Gasteiger charge is 2.39. The average molecular weight is 210 g/mol. The molecule has 2 nitrogen and oxygen atoms in total. The van der Waals surface area contributed by atoms with Crippen LogP contribution in [0.1, 0.15) is 46.0 Å². The van der Waals surface area contributed by atoms with E-state index in [2.05, 4.69) is 18.7 Å². The fourth-order valence-corrected chi connectivity index (χ4v) is 3.35. The fraction of sp³-hybridized carbons (Fsp3) is 1.00. The molecule has 2 fully saturated rings. The van der Waals surface area contributed by atoms with Crippen molar-refractivity contribution in [1.29, 1.82) is 0 Å². The summed E-state index contributed by atoms with van der Waals surface area (Å²) in [5.41, 5.74) is 5.80. The molecule has 0 aromatic carbocycles. The van der Waals surface area contributed by atoms with Crippen LogP contribution in [-0.2, 0) is 0 Å². The monoisotopic (exact) mass is 210 g/mol. The summed E-state index contributed by atoms with van der Waals surface area (Å²) >= 11 is 0. The van der Waals surface area contributed by atoms with Crippen molar-refractivity contribution in [2.75, 3.05) is 13.1 Å². The van der Waals surface area contributed by atoms with Gasteiger partial charge in [0.05, 0.1) is 0 Å². The number of fused-ring (bicyclic) bond motifs is 2. The lowest BCUT2D eigenvalue weighted by Gasteiger charge is -2.39. The third-order valence-corrected chi connectivity index (χ3v) is 4.28. The fourth-order valence-electron chi connectivity index (χ4n) is 3.35. The molecule has 2 N–H and O–H groups in total. The van der Waals surface area contributed by atoms with Crippen molar-refractivity contribution in [3.63, 3.8) is 0 Å². The third-order valence-electron chi connectivity index (χ3n) is 4.28. The van der Waals surface area contributed by atoms with Gasteiger partial charge in [-0.3, -0.25) is 4.90 Å². The molecule has 2 bridgehead atoms. The number of hydrogen-bond donors (Lipinski definition) is 1. The summed E-state index contributed by atoms with van der Waals surface area (Å²) in [4.78, 5) is 2.78. The zero-order chi connectivity index (χ0) is 10.8. The second kappa shape index (κ2) is 4.84. The molecule has 2 aliphatic rings. The first-order valence-electron chi connectivity index (χ1n) is 6.66. The molecule has 0 aliphatic carbocycles. The molecule has 2 atom stereocenters. The summed E-state index contributed by atoms with van der Waals surface area (Å²) in [6.45, 7) is 6.89. The molecule has 2 aliphatic heterocycles. The molecule has 0 amide bonds. The molecule has 2 saturated heterocycles. The van der Waals surface area contributed by atoms with Crippen molar-refractivity contribution >= 4 is 0 Å². The van der Waals surface area contributed by atoms with E-state index in [-0.39, 0.29) is 0 Å². The highest BCUT2D eigenvalue weighted by molar-refractivity contribution is 4.95. The van der Waals surface area contributed by atoms with E-state index in [1.54, 1.807) is 0 Å². The highest BCUT2D eigenvalue weighted by atomic mass is 15.2. The molecule has 2 heterocycles. The first-order chi connectivity index (χ1) is 7.20. The minimum absolute atomic E-state index is 0.817. The minimum Gasteiger partial charge on any atom is -0.330 e. The topological polar surface area (TPSA) is 29.3 Å². The molecular weight excluding hydrogens is 184 g/mol. The molecule has 0 saturated carbocycles. The molecule has 15 heavy (non-hydrogen) atoms. The average Bonchev–Trinajstić information content (AvgIpc) is 2.46. The van der Waals surface area contributed by atoms with Gasteiger partial charge >= 0.3 is 0 Å². The van der Waals surface area contributed by atoms with E-state index in [0.717, 1.165) is 30.5 Å². The summed E-state index contributed by atoms with van der Waals surface area (Å²) < 4.78 is 0. The summed E-state index contributed by atoms with van der Waals surface area (Å²) in [6.07, 6.45) is 6.95. The van der Waals surface area contributed by atoms with Crippen LogP contribution in [0.25, 0.3) is 0 Å². The van der Waals surface area contributed by atoms with Crippen molar-refractivity contribution in [1.82, 2.24) is 4.90 Å². The Morgan fingerprint density at radius 2 is 1.80 bits per heavy atom. The Morgan fingerprint density at radius 1 is 1.20 bits per heavy atom. The summed E-state index contributed by atoms with van der Waals surface area (Å²) in [7, 11) is 0. The van der Waals surface area contributed by atoms with Gasteiger partial charge in [-0.05, 0) is 57.0 Å². The number of nitrogens with two attached hydrogens (primary N) is 1. The Kier molecular flexibility index (Phi) is 3.68. The van der Waals surface area contributed by atoms with E-state index < -0.39 is 0 Å². The molecule has 88 valence electrons. The molecule has 0 aromatic rings. The second-order valence-corrected chi connectivity index (χ2v) is 5.88. The van der Waals surface area contributed by atoms with Crippen LogP contribution in [0.4, 0.5) is 0 Å². The third kappa shape index (κ3) is 2.54. The van der Waals surface area contributed by atoms with Crippen LogP contribution in [0.3, 0.4) is 0 Å². The van der Waals surface area contributed by atoms with Crippen molar-refractivity contribution in [2.45, 2.75) is 58.0 Å². The Hall–Kier alpha value is -0.0800. The Bertz CT molecular complexity index is 189. The van der Waals surface area contributed by atoms with Crippen molar-refractivity contribution in [2.24, 2.45) is 17.6 Å². The van der Waals surface area contributed by atoms with Crippen molar-refractivity contribution < 1.29 is 0 Å². The van der Waals surface area contributed by atoms with E-state index in [0.29, 0.717) is 0 Å². The van der Waals surface area contributed by atoms with Gasteiger partial charge in [0.15, 0.2) is 0 Å². The van der Waals surface area contributed by atoms with Crippen LogP contribution in [0.2, 0.25) is 0 Å². The first kappa shape index (κ1) is 11.4. The van der Waals surface area contributed by atoms with Crippen LogP contribution < -0.4 is 5.73 Å². The van der Waals surface area contributed by atoms with Crippen LogP contribution in [0.5, 0.6) is 0 Å². The van der Waals surface area contributed by atoms with E-state index in [9.17, 15) is 0 Å². The normalized spacial score (nSPS) is 36.4. The van der Waals surface area contributed by atoms with Gasteiger partial charge in [-0.2, -0.15) is 0 Å². The summed E-state index contributed by atoms with van der Waals surface area (Å²) in [5.74, 6) is 1.66. The van der Waals surface area contributed by atoms with Gasteiger partial charge in [-0.25, -0.2) is 0 Å². The first-order valence-corrected chi connectivity index (χ1v) is 6.66. The standard InChI is InChI=1S/C13H26N2/c1-10(2)5-6-15-12-3-4-13(15)8-11(7-12)9-14/h10-13H,3-9,14H2,1-2H3. The Labute approximate surface area is 94.2 Å².